The fourth-order valence-corrected chi connectivity index (χ4v) is 5.84. The van der Waals surface area contributed by atoms with Gasteiger partial charge in [-0.15, -0.1) is 0 Å². The van der Waals surface area contributed by atoms with Gasteiger partial charge in [-0.2, -0.15) is 8.42 Å². The van der Waals surface area contributed by atoms with E-state index in [2.05, 4.69) is 0 Å². The van der Waals surface area contributed by atoms with Gasteiger partial charge in [0.25, 0.3) is 10.1 Å². The van der Waals surface area contributed by atoms with Crippen molar-refractivity contribution < 1.29 is 32.0 Å². The molecule has 2 bridgehead atoms. The van der Waals surface area contributed by atoms with Crippen molar-refractivity contribution >= 4 is 45.6 Å². The topological polar surface area (TPSA) is 107 Å². The van der Waals surface area contributed by atoms with Gasteiger partial charge in [-0.25, -0.2) is 0 Å². The number of carbonyl (C=O) groups is 2. The summed E-state index contributed by atoms with van der Waals surface area (Å²) in [5.41, 5.74) is 0.913. The molecule has 1 N–H and O–H groups in total. The molecule has 178 valence electrons. The van der Waals surface area contributed by atoms with Gasteiger partial charge in [0.15, 0.2) is 0 Å². The average Bonchev–Trinajstić information content (AvgIpc) is 2.77. The lowest BCUT2D eigenvalue weighted by atomic mass is 9.59. The van der Waals surface area contributed by atoms with Crippen LogP contribution in [-0.4, -0.2) is 60.8 Å². The lowest BCUT2D eigenvalue weighted by molar-refractivity contribution is -0.166. The Labute approximate surface area is 205 Å². The van der Waals surface area contributed by atoms with Gasteiger partial charge in [-0.3, -0.25) is 14.1 Å². The highest BCUT2D eigenvalue weighted by molar-refractivity contribution is 7.85. The Morgan fingerprint density at radius 2 is 1.62 bits per heavy atom. The van der Waals surface area contributed by atoms with Crippen LogP contribution in [0.4, 0.5) is 0 Å². The molecule has 0 aromatic heterocycles. The summed E-state index contributed by atoms with van der Waals surface area (Å²) in [7, 11) is 13.2. The Morgan fingerprint density at radius 1 is 1.03 bits per heavy atom. The second-order valence-electron chi connectivity index (χ2n) is 9.52. The van der Waals surface area contributed by atoms with E-state index in [1.807, 2.05) is 0 Å². The normalized spacial score (nSPS) is 24.4. The van der Waals surface area contributed by atoms with Gasteiger partial charge in [-0.05, 0) is 42.2 Å². The molecule has 1 aromatic rings. The Hall–Kier alpha value is -1.74. The van der Waals surface area contributed by atoms with Crippen LogP contribution in [0.3, 0.4) is 0 Å². The van der Waals surface area contributed by atoms with Gasteiger partial charge in [-0.1, -0.05) is 55.9 Å². The van der Waals surface area contributed by atoms with E-state index in [1.165, 1.54) is 0 Å². The smallest absolute Gasteiger partial charge is 0.312 e. The molecule has 7 nitrogen and oxygen atoms in total. The molecule has 0 heterocycles. The molecule has 2 fully saturated rings. The largest absolute Gasteiger partial charge is 0.464 e. The van der Waals surface area contributed by atoms with Crippen LogP contribution in [-0.2, 0) is 43.4 Å². The third-order valence-corrected chi connectivity index (χ3v) is 7.62. The van der Waals surface area contributed by atoms with Crippen molar-refractivity contribution in [3.63, 3.8) is 0 Å². The SMILES string of the molecule is [B]Cc1cc(C[B])c(OC(=O)CC2(C(=O)OCCS(=O)(=O)O)CC3CCCC(C3)C2)c(C[B])c1. The molecule has 11 heteroatoms. The number of hydrogen-bond donors (Lipinski definition) is 1. The Kier molecular flexibility index (Phi) is 8.96. The molecular formula is C23H29B3O7S. The summed E-state index contributed by atoms with van der Waals surface area (Å²) in [5, 5.41) is 0. The van der Waals surface area contributed by atoms with E-state index in [9.17, 15) is 18.0 Å². The van der Waals surface area contributed by atoms with Crippen molar-refractivity contribution in [2.75, 3.05) is 12.4 Å². The predicted octanol–water partition coefficient (Wildman–Crippen LogP) is 2.01. The molecule has 6 radical (unpaired) electrons. The van der Waals surface area contributed by atoms with E-state index in [-0.39, 0.29) is 43.0 Å². The first-order chi connectivity index (χ1) is 16.1. The first kappa shape index (κ1) is 26.9. The van der Waals surface area contributed by atoms with Gasteiger partial charge in [0.2, 0.25) is 0 Å². The fourth-order valence-electron chi connectivity index (χ4n) is 5.54. The summed E-state index contributed by atoms with van der Waals surface area (Å²) in [4.78, 5) is 26.4. The minimum Gasteiger partial charge on any atom is -0.464 e. The Morgan fingerprint density at radius 3 is 2.12 bits per heavy atom. The minimum absolute atomic E-state index is 0.121. The summed E-state index contributed by atoms with van der Waals surface area (Å²) in [6.45, 7) is -0.473. The number of esters is 2. The van der Waals surface area contributed by atoms with E-state index in [0.29, 0.717) is 24.0 Å². The maximum Gasteiger partial charge on any atom is 0.312 e. The van der Waals surface area contributed by atoms with Crippen LogP contribution >= 0.6 is 0 Å². The van der Waals surface area contributed by atoms with Crippen LogP contribution in [0, 0.1) is 17.3 Å². The predicted molar refractivity (Wildman–Crippen MR) is 130 cm³/mol. The number of hydrogen-bond acceptors (Lipinski definition) is 6. The Balaban J connectivity index is 1.83. The van der Waals surface area contributed by atoms with Gasteiger partial charge in [0, 0.05) is 0 Å². The number of fused-ring (bicyclic) bond motifs is 2. The van der Waals surface area contributed by atoms with Crippen LogP contribution in [0.1, 0.15) is 61.6 Å². The number of benzene rings is 1. The van der Waals surface area contributed by atoms with E-state index >= 15 is 0 Å². The van der Waals surface area contributed by atoms with E-state index in [1.54, 1.807) is 12.1 Å². The molecular weight excluding hydrogens is 453 g/mol. The van der Waals surface area contributed by atoms with E-state index in [4.69, 9.17) is 37.6 Å². The second-order valence-corrected chi connectivity index (χ2v) is 11.1. The molecule has 0 aliphatic heterocycles. The molecule has 2 saturated carbocycles. The zero-order valence-electron chi connectivity index (χ0n) is 19.3. The number of carbonyl (C=O) groups excluding carboxylic acids is 2. The zero-order valence-corrected chi connectivity index (χ0v) is 20.1. The molecule has 2 aliphatic carbocycles. The molecule has 3 rings (SSSR count). The molecule has 0 amide bonds. The average molecular weight is 482 g/mol. The van der Waals surface area contributed by atoms with Gasteiger partial charge in [0.1, 0.15) is 18.1 Å². The highest BCUT2D eigenvalue weighted by atomic mass is 32.2. The maximum atomic E-state index is 13.2. The quantitative estimate of drug-likeness (QED) is 0.236. The van der Waals surface area contributed by atoms with Gasteiger partial charge >= 0.3 is 11.9 Å². The van der Waals surface area contributed by atoms with E-state index < -0.39 is 39.8 Å². The van der Waals surface area contributed by atoms with Crippen molar-refractivity contribution in [2.45, 2.75) is 63.9 Å². The summed E-state index contributed by atoms with van der Waals surface area (Å²) >= 11 is 0. The third-order valence-electron chi connectivity index (χ3n) is 6.93. The first-order valence-electron chi connectivity index (χ1n) is 11.7. The molecule has 0 saturated heterocycles. The molecule has 2 aliphatic rings. The van der Waals surface area contributed by atoms with Crippen molar-refractivity contribution in [3.8, 4) is 5.75 Å². The van der Waals surface area contributed by atoms with Crippen molar-refractivity contribution in [3.05, 3.63) is 28.8 Å². The van der Waals surface area contributed by atoms with Crippen molar-refractivity contribution in [1.29, 1.82) is 0 Å². The monoisotopic (exact) mass is 482 g/mol. The molecule has 0 spiro atoms. The lowest BCUT2D eigenvalue weighted by Crippen LogP contribution is -2.44. The third kappa shape index (κ3) is 6.69. The second kappa shape index (κ2) is 11.3. The number of rotatable bonds is 10. The summed E-state index contributed by atoms with van der Waals surface area (Å²) in [5.74, 6) is -1.05. The van der Waals surface area contributed by atoms with Gasteiger partial charge < -0.3 is 9.47 Å². The molecule has 34 heavy (non-hydrogen) atoms. The van der Waals surface area contributed by atoms with E-state index in [0.717, 1.165) is 31.2 Å². The standard InChI is InChI=1S/C23H29B3O7S/c24-12-17-7-18(13-25)21(19(8-17)14-26)33-20(27)11-23(22(28)32-4-5-34(29,30)31)9-15-2-1-3-16(6-15)10-23/h7-8,15-16H,1-6,9-14H2,(H,29,30,31). The minimum atomic E-state index is -4.27. The summed E-state index contributed by atoms with van der Waals surface area (Å²) in [6.07, 6.45) is 5.32. The maximum absolute atomic E-state index is 13.2. The molecule has 1 aromatic carbocycles. The first-order valence-corrected chi connectivity index (χ1v) is 13.3. The van der Waals surface area contributed by atoms with Crippen molar-refractivity contribution in [1.82, 2.24) is 0 Å². The summed E-state index contributed by atoms with van der Waals surface area (Å²) < 4.78 is 42.0. The highest BCUT2D eigenvalue weighted by Crippen LogP contribution is 2.51. The van der Waals surface area contributed by atoms with Crippen LogP contribution < -0.4 is 4.74 Å². The van der Waals surface area contributed by atoms with Crippen LogP contribution in [0.25, 0.3) is 0 Å². The Bertz CT molecular complexity index is 975. The van der Waals surface area contributed by atoms with Crippen LogP contribution in [0.15, 0.2) is 12.1 Å². The fraction of sp³-hybridized carbons (Fsp3) is 0.652. The van der Waals surface area contributed by atoms with Crippen LogP contribution in [0.5, 0.6) is 5.75 Å². The lowest BCUT2D eigenvalue weighted by Gasteiger charge is -2.45. The van der Waals surface area contributed by atoms with Gasteiger partial charge in [0.05, 0.1) is 35.4 Å². The van der Waals surface area contributed by atoms with Crippen LogP contribution in [0.2, 0.25) is 0 Å². The zero-order chi connectivity index (χ0) is 24.9. The number of ether oxygens (including phenoxy) is 2. The van der Waals surface area contributed by atoms with Crippen molar-refractivity contribution in [2.24, 2.45) is 17.3 Å². The highest BCUT2D eigenvalue weighted by Gasteiger charge is 2.50. The molecule has 2 atom stereocenters. The molecule has 2 unspecified atom stereocenters. The summed E-state index contributed by atoms with van der Waals surface area (Å²) in [6, 6.07) is 3.54.